The normalized spacial score (nSPS) is 24.8. The molecule has 1 saturated carbocycles. The zero-order valence-electron chi connectivity index (χ0n) is 9.32. The summed E-state index contributed by atoms with van der Waals surface area (Å²) in [6, 6.07) is 0. The van der Waals surface area contributed by atoms with E-state index in [4.69, 9.17) is 10.5 Å². The summed E-state index contributed by atoms with van der Waals surface area (Å²) in [7, 11) is 0. The molecule has 0 bridgehead atoms. The molecule has 0 aromatic heterocycles. The number of nitrogens with two attached hydrogens (primary N) is 1. The van der Waals surface area contributed by atoms with Crippen molar-refractivity contribution < 1.29 is 4.74 Å². The second-order valence-electron chi connectivity index (χ2n) is 4.45. The van der Waals surface area contributed by atoms with Gasteiger partial charge in [0.2, 0.25) is 0 Å². The number of rotatable bonds is 2. The monoisotopic (exact) mass is 211 g/mol. The Hall–Kier alpha value is -0.770. The van der Waals surface area contributed by atoms with E-state index >= 15 is 0 Å². The Morgan fingerprint density at radius 2 is 1.93 bits per heavy atom. The van der Waals surface area contributed by atoms with Crippen molar-refractivity contribution in [1.29, 1.82) is 0 Å². The van der Waals surface area contributed by atoms with Gasteiger partial charge in [0.15, 0.2) is 5.96 Å². The molecule has 0 radical (unpaired) electrons. The number of hydrogen-bond donors (Lipinski definition) is 1. The summed E-state index contributed by atoms with van der Waals surface area (Å²) < 4.78 is 5.28. The Morgan fingerprint density at radius 1 is 1.27 bits per heavy atom. The predicted molar refractivity (Wildman–Crippen MR) is 60.8 cm³/mol. The fraction of sp³-hybridized carbons (Fsp3) is 0.909. The van der Waals surface area contributed by atoms with E-state index in [1.165, 1.54) is 25.7 Å². The van der Waals surface area contributed by atoms with Gasteiger partial charge in [0.05, 0.1) is 13.2 Å². The van der Waals surface area contributed by atoms with Crippen LogP contribution in [0, 0.1) is 5.92 Å². The SMILES string of the molecule is NC(=NCC1CCCC1)N1CCOCC1. The van der Waals surface area contributed by atoms with Crippen LogP contribution in [0.3, 0.4) is 0 Å². The molecule has 2 N–H and O–H groups in total. The predicted octanol–water partition coefficient (Wildman–Crippen LogP) is 0.823. The van der Waals surface area contributed by atoms with Crippen molar-refractivity contribution in [1.82, 2.24) is 4.90 Å². The lowest BCUT2D eigenvalue weighted by molar-refractivity contribution is 0.0674. The molecular formula is C11H21N3O. The zero-order valence-corrected chi connectivity index (χ0v) is 9.32. The first-order chi connectivity index (χ1) is 7.36. The van der Waals surface area contributed by atoms with E-state index in [1.54, 1.807) is 0 Å². The number of nitrogens with zero attached hydrogens (tertiary/aromatic N) is 2. The van der Waals surface area contributed by atoms with Gasteiger partial charge < -0.3 is 15.4 Å². The molecule has 4 nitrogen and oxygen atoms in total. The third-order valence-electron chi connectivity index (χ3n) is 3.32. The Balaban J connectivity index is 1.77. The van der Waals surface area contributed by atoms with Crippen molar-refractivity contribution in [3.05, 3.63) is 0 Å². The van der Waals surface area contributed by atoms with Gasteiger partial charge in [0.1, 0.15) is 0 Å². The summed E-state index contributed by atoms with van der Waals surface area (Å²) in [4.78, 5) is 6.62. The lowest BCUT2D eigenvalue weighted by Crippen LogP contribution is -2.45. The van der Waals surface area contributed by atoms with Gasteiger partial charge in [-0.2, -0.15) is 0 Å². The molecule has 0 unspecified atom stereocenters. The van der Waals surface area contributed by atoms with Gasteiger partial charge in [-0.05, 0) is 18.8 Å². The highest BCUT2D eigenvalue weighted by Crippen LogP contribution is 2.24. The molecule has 0 aromatic rings. The van der Waals surface area contributed by atoms with Gasteiger partial charge in [0.25, 0.3) is 0 Å². The Labute approximate surface area is 91.5 Å². The van der Waals surface area contributed by atoms with Crippen LogP contribution in [0.15, 0.2) is 4.99 Å². The van der Waals surface area contributed by atoms with Crippen molar-refractivity contribution in [2.75, 3.05) is 32.8 Å². The van der Waals surface area contributed by atoms with E-state index in [9.17, 15) is 0 Å². The highest BCUT2D eigenvalue weighted by molar-refractivity contribution is 5.78. The van der Waals surface area contributed by atoms with Crippen molar-refractivity contribution in [3.8, 4) is 0 Å². The molecule has 0 atom stereocenters. The van der Waals surface area contributed by atoms with Crippen LogP contribution in [0.25, 0.3) is 0 Å². The fourth-order valence-electron chi connectivity index (χ4n) is 2.31. The second-order valence-corrected chi connectivity index (χ2v) is 4.45. The molecular weight excluding hydrogens is 190 g/mol. The first kappa shape index (κ1) is 10.7. The lowest BCUT2D eigenvalue weighted by atomic mass is 10.1. The number of guanidine groups is 1. The first-order valence-corrected chi connectivity index (χ1v) is 5.99. The van der Waals surface area contributed by atoms with Gasteiger partial charge in [-0.1, -0.05) is 12.8 Å². The number of morpholine rings is 1. The molecule has 2 rings (SSSR count). The minimum Gasteiger partial charge on any atom is -0.378 e. The molecule has 1 saturated heterocycles. The third-order valence-corrected chi connectivity index (χ3v) is 3.32. The molecule has 1 heterocycles. The van der Waals surface area contributed by atoms with E-state index < -0.39 is 0 Å². The minimum atomic E-state index is 0.713. The minimum absolute atomic E-state index is 0.713. The average Bonchev–Trinajstić information content (AvgIpc) is 2.80. The number of ether oxygens (including phenoxy) is 1. The average molecular weight is 211 g/mol. The molecule has 2 aliphatic rings. The maximum atomic E-state index is 5.95. The second kappa shape index (κ2) is 5.35. The molecule has 0 spiro atoms. The summed E-state index contributed by atoms with van der Waals surface area (Å²) in [5, 5.41) is 0. The van der Waals surface area contributed by atoms with Crippen molar-refractivity contribution >= 4 is 5.96 Å². The largest absolute Gasteiger partial charge is 0.378 e. The molecule has 1 aliphatic carbocycles. The van der Waals surface area contributed by atoms with E-state index in [2.05, 4.69) is 9.89 Å². The van der Waals surface area contributed by atoms with E-state index in [-0.39, 0.29) is 0 Å². The smallest absolute Gasteiger partial charge is 0.191 e. The van der Waals surface area contributed by atoms with Crippen molar-refractivity contribution in [2.24, 2.45) is 16.6 Å². The van der Waals surface area contributed by atoms with E-state index in [1.807, 2.05) is 0 Å². The fourth-order valence-corrected chi connectivity index (χ4v) is 2.31. The molecule has 15 heavy (non-hydrogen) atoms. The Kier molecular flexibility index (Phi) is 3.83. The van der Waals surface area contributed by atoms with Crippen LogP contribution in [0.2, 0.25) is 0 Å². The topological polar surface area (TPSA) is 50.8 Å². The van der Waals surface area contributed by atoms with Gasteiger partial charge in [-0.15, -0.1) is 0 Å². The van der Waals surface area contributed by atoms with Gasteiger partial charge in [-0.3, -0.25) is 4.99 Å². The molecule has 2 fully saturated rings. The van der Waals surface area contributed by atoms with Crippen LogP contribution in [0.5, 0.6) is 0 Å². The van der Waals surface area contributed by atoms with Crippen molar-refractivity contribution in [2.45, 2.75) is 25.7 Å². The summed E-state index contributed by atoms with van der Waals surface area (Å²) in [6.07, 6.45) is 5.41. The van der Waals surface area contributed by atoms with Gasteiger partial charge in [0, 0.05) is 19.6 Å². The summed E-state index contributed by atoms with van der Waals surface area (Å²) >= 11 is 0. The summed E-state index contributed by atoms with van der Waals surface area (Å²) in [5.41, 5.74) is 5.95. The van der Waals surface area contributed by atoms with Gasteiger partial charge >= 0.3 is 0 Å². The quantitative estimate of drug-likeness (QED) is 0.543. The van der Waals surface area contributed by atoms with Crippen LogP contribution >= 0.6 is 0 Å². The van der Waals surface area contributed by atoms with Crippen LogP contribution < -0.4 is 5.73 Å². The summed E-state index contributed by atoms with van der Waals surface area (Å²) in [5.74, 6) is 1.50. The Bertz CT molecular complexity index is 218. The standard InChI is InChI=1S/C11H21N3O/c12-11(14-5-7-15-8-6-14)13-9-10-3-1-2-4-10/h10H,1-9H2,(H2,12,13). The molecule has 1 aliphatic heterocycles. The highest BCUT2D eigenvalue weighted by Gasteiger charge is 2.16. The van der Waals surface area contributed by atoms with Crippen LogP contribution in [-0.4, -0.2) is 43.7 Å². The number of aliphatic imine (C=N–C) groups is 1. The van der Waals surface area contributed by atoms with Crippen LogP contribution in [-0.2, 0) is 4.74 Å². The zero-order chi connectivity index (χ0) is 10.5. The van der Waals surface area contributed by atoms with Crippen LogP contribution in [0.4, 0.5) is 0 Å². The summed E-state index contributed by atoms with van der Waals surface area (Å²) in [6.45, 7) is 4.25. The molecule has 86 valence electrons. The molecule has 0 amide bonds. The first-order valence-electron chi connectivity index (χ1n) is 5.99. The highest BCUT2D eigenvalue weighted by atomic mass is 16.5. The number of hydrogen-bond acceptors (Lipinski definition) is 2. The maximum absolute atomic E-state index is 5.95. The molecule has 0 aromatic carbocycles. The van der Waals surface area contributed by atoms with E-state index in [0.717, 1.165) is 38.8 Å². The van der Waals surface area contributed by atoms with Crippen LogP contribution in [0.1, 0.15) is 25.7 Å². The third kappa shape index (κ3) is 3.09. The van der Waals surface area contributed by atoms with Crippen molar-refractivity contribution in [3.63, 3.8) is 0 Å². The van der Waals surface area contributed by atoms with E-state index in [0.29, 0.717) is 5.96 Å². The lowest BCUT2D eigenvalue weighted by Gasteiger charge is -2.27. The molecule has 4 heteroatoms. The Morgan fingerprint density at radius 3 is 2.60 bits per heavy atom. The maximum Gasteiger partial charge on any atom is 0.191 e. The van der Waals surface area contributed by atoms with Gasteiger partial charge in [-0.25, -0.2) is 0 Å².